The minimum atomic E-state index is -0.112. The number of nitrogens with zero attached hydrogens (tertiary/aromatic N) is 3. The minimum Gasteiger partial charge on any atom is -0.355 e. The highest BCUT2D eigenvalue weighted by Gasteiger charge is 2.17. The predicted molar refractivity (Wildman–Crippen MR) is 129 cm³/mol. The van der Waals surface area contributed by atoms with Gasteiger partial charge < -0.3 is 10.3 Å². The van der Waals surface area contributed by atoms with Crippen LogP contribution < -0.4 is 10.9 Å². The van der Waals surface area contributed by atoms with Crippen LogP contribution >= 0.6 is 11.3 Å². The fourth-order valence-corrected chi connectivity index (χ4v) is 5.15. The number of nitrogens with one attached hydrogen (secondary N) is 2. The van der Waals surface area contributed by atoms with Crippen LogP contribution in [0.1, 0.15) is 28.2 Å². The molecule has 0 spiro atoms. The van der Waals surface area contributed by atoms with Crippen LogP contribution in [0.4, 0.5) is 0 Å². The van der Waals surface area contributed by atoms with Gasteiger partial charge in [-0.05, 0) is 25.0 Å². The van der Waals surface area contributed by atoms with E-state index in [0.717, 1.165) is 54.5 Å². The Morgan fingerprint density at radius 1 is 1.12 bits per heavy atom. The zero-order valence-electron chi connectivity index (χ0n) is 18.8. The van der Waals surface area contributed by atoms with Crippen molar-refractivity contribution < 1.29 is 4.79 Å². The Kier molecular flexibility index (Phi) is 7.34. The zero-order valence-corrected chi connectivity index (χ0v) is 19.6. The number of fused-ring (bicyclic) bond motifs is 1. The second-order valence-electron chi connectivity index (χ2n) is 8.43. The Bertz CT molecular complexity index is 1120. The molecule has 1 aliphatic heterocycles. The van der Waals surface area contributed by atoms with Gasteiger partial charge in [0, 0.05) is 63.5 Å². The molecule has 1 amide bonds. The zero-order chi connectivity index (χ0) is 22.5. The van der Waals surface area contributed by atoms with Gasteiger partial charge in [-0.3, -0.25) is 19.4 Å². The molecule has 0 aliphatic carbocycles. The third-order valence-corrected chi connectivity index (χ3v) is 7.24. The first kappa shape index (κ1) is 22.6. The number of aromatic amines is 1. The summed E-state index contributed by atoms with van der Waals surface area (Å²) in [7, 11) is 0. The van der Waals surface area contributed by atoms with Crippen molar-refractivity contribution in [1.29, 1.82) is 0 Å². The third kappa shape index (κ3) is 5.62. The summed E-state index contributed by atoms with van der Waals surface area (Å²) in [5.74, 6) is 0.572. The molecule has 1 saturated heterocycles. The molecule has 2 N–H and O–H groups in total. The maximum atomic E-state index is 12.4. The molecule has 0 saturated carbocycles. The second kappa shape index (κ2) is 10.4. The van der Waals surface area contributed by atoms with E-state index in [4.69, 9.17) is 0 Å². The van der Waals surface area contributed by atoms with E-state index in [1.807, 2.05) is 13.8 Å². The van der Waals surface area contributed by atoms with Gasteiger partial charge in [0.2, 0.25) is 5.91 Å². The topological polar surface area (TPSA) is 81.3 Å². The van der Waals surface area contributed by atoms with Gasteiger partial charge in [-0.2, -0.15) is 0 Å². The van der Waals surface area contributed by atoms with Crippen LogP contribution in [0.3, 0.4) is 0 Å². The van der Waals surface area contributed by atoms with Gasteiger partial charge in [-0.25, -0.2) is 4.98 Å². The third-order valence-electron chi connectivity index (χ3n) is 6.14. The number of aromatic nitrogens is 2. The Labute approximate surface area is 192 Å². The number of piperazine rings is 1. The highest BCUT2D eigenvalue weighted by atomic mass is 32.1. The molecule has 0 radical (unpaired) electrons. The Hall–Kier alpha value is -2.55. The maximum absolute atomic E-state index is 12.4. The molecule has 1 fully saturated rings. The van der Waals surface area contributed by atoms with E-state index in [1.165, 1.54) is 16.9 Å². The largest absolute Gasteiger partial charge is 0.355 e. The van der Waals surface area contributed by atoms with Gasteiger partial charge in [0.25, 0.3) is 5.56 Å². The SMILES string of the molecule is Cc1sc2nc(CCC(=O)NCCN3CCN(Cc4ccccc4)CC3)[nH]c(=O)c2c1C. The lowest BCUT2D eigenvalue weighted by atomic mass is 10.2. The van der Waals surface area contributed by atoms with Crippen molar-refractivity contribution in [3.8, 4) is 0 Å². The summed E-state index contributed by atoms with van der Waals surface area (Å²) in [5.41, 5.74) is 2.23. The van der Waals surface area contributed by atoms with E-state index >= 15 is 0 Å². The molecule has 0 atom stereocenters. The normalized spacial score (nSPS) is 15.3. The number of amides is 1. The molecular formula is C24H31N5O2S. The number of thiophene rings is 1. The highest BCUT2D eigenvalue weighted by molar-refractivity contribution is 7.18. The van der Waals surface area contributed by atoms with E-state index < -0.39 is 0 Å². The Balaban J connectivity index is 1.16. The maximum Gasteiger partial charge on any atom is 0.259 e. The number of rotatable bonds is 8. The first-order chi connectivity index (χ1) is 15.5. The van der Waals surface area contributed by atoms with Gasteiger partial charge >= 0.3 is 0 Å². The number of carbonyl (C=O) groups is 1. The Morgan fingerprint density at radius 2 is 1.84 bits per heavy atom. The second-order valence-corrected chi connectivity index (χ2v) is 9.63. The lowest BCUT2D eigenvalue weighted by molar-refractivity contribution is -0.121. The summed E-state index contributed by atoms with van der Waals surface area (Å²) in [5, 5.41) is 3.68. The van der Waals surface area contributed by atoms with Gasteiger partial charge in [-0.15, -0.1) is 11.3 Å². The first-order valence-electron chi connectivity index (χ1n) is 11.2. The molecule has 1 aromatic carbocycles. The van der Waals surface area contributed by atoms with Crippen molar-refractivity contribution in [3.05, 3.63) is 62.5 Å². The van der Waals surface area contributed by atoms with Gasteiger partial charge in [0.1, 0.15) is 10.7 Å². The monoisotopic (exact) mass is 453 g/mol. The van der Waals surface area contributed by atoms with Crippen LogP contribution in [-0.4, -0.2) is 64.9 Å². The molecule has 0 bridgehead atoms. The molecule has 4 rings (SSSR count). The molecule has 1 aliphatic rings. The van der Waals surface area contributed by atoms with E-state index in [2.05, 4.69) is 55.4 Å². The Morgan fingerprint density at radius 3 is 2.59 bits per heavy atom. The molecule has 2 aromatic heterocycles. The van der Waals surface area contributed by atoms with Crippen molar-refractivity contribution in [2.45, 2.75) is 33.2 Å². The minimum absolute atomic E-state index is 0.00556. The van der Waals surface area contributed by atoms with E-state index in [9.17, 15) is 9.59 Å². The molecular weight excluding hydrogens is 422 g/mol. The summed E-state index contributed by atoms with van der Waals surface area (Å²) in [6.45, 7) is 10.6. The van der Waals surface area contributed by atoms with Gasteiger partial charge in [0.05, 0.1) is 5.39 Å². The molecule has 7 nitrogen and oxygen atoms in total. The van der Waals surface area contributed by atoms with Crippen LogP contribution in [-0.2, 0) is 17.8 Å². The average molecular weight is 454 g/mol. The van der Waals surface area contributed by atoms with Crippen molar-refractivity contribution in [1.82, 2.24) is 25.1 Å². The van der Waals surface area contributed by atoms with E-state index in [1.54, 1.807) is 0 Å². The number of hydrogen-bond acceptors (Lipinski definition) is 6. The lowest BCUT2D eigenvalue weighted by Crippen LogP contribution is -2.48. The molecule has 8 heteroatoms. The number of H-pyrrole nitrogens is 1. The van der Waals surface area contributed by atoms with Crippen LogP contribution in [0.15, 0.2) is 35.1 Å². The number of carbonyl (C=O) groups excluding carboxylic acids is 1. The first-order valence-corrected chi connectivity index (χ1v) is 12.1. The lowest BCUT2D eigenvalue weighted by Gasteiger charge is -2.34. The van der Waals surface area contributed by atoms with Crippen molar-refractivity contribution in [3.63, 3.8) is 0 Å². The predicted octanol–water partition coefficient (Wildman–Crippen LogP) is 2.47. The van der Waals surface area contributed by atoms with E-state index in [-0.39, 0.29) is 11.5 Å². The fraction of sp³-hybridized carbons (Fsp3) is 0.458. The van der Waals surface area contributed by atoms with Gasteiger partial charge in [0.15, 0.2) is 0 Å². The van der Waals surface area contributed by atoms with Crippen LogP contribution in [0.2, 0.25) is 0 Å². The molecule has 32 heavy (non-hydrogen) atoms. The summed E-state index contributed by atoms with van der Waals surface area (Å²) in [6, 6.07) is 10.6. The summed E-state index contributed by atoms with van der Waals surface area (Å²) in [4.78, 5) is 38.7. The quantitative estimate of drug-likeness (QED) is 0.548. The van der Waals surface area contributed by atoms with Crippen molar-refractivity contribution >= 4 is 27.5 Å². The molecule has 3 aromatic rings. The molecule has 3 heterocycles. The molecule has 170 valence electrons. The summed E-state index contributed by atoms with van der Waals surface area (Å²) < 4.78 is 0. The number of aryl methyl sites for hydroxylation is 3. The number of hydrogen-bond donors (Lipinski definition) is 2. The fourth-order valence-electron chi connectivity index (χ4n) is 4.10. The summed E-state index contributed by atoms with van der Waals surface area (Å²) >= 11 is 1.53. The average Bonchev–Trinajstić information content (AvgIpc) is 3.08. The summed E-state index contributed by atoms with van der Waals surface area (Å²) in [6.07, 6.45) is 0.758. The van der Waals surface area contributed by atoms with Crippen LogP contribution in [0.25, 0.3) is 10.2 Å². The van der Waals surface area contributed by atoms with Crippen LogP contribution in [0.5, 0.6) is 0 Å². The standard InChI is InChI=1S/C24H31N5O2S/c1-17-18(2)32-24-22(17)23(31)26-20(27-24)8-9-21(30)25-10-11-28-12-14-29(15-13-28)16-19-6-4-3-5-7-19/h3-7H,8-16H2,1-2H3,(H,25,30)(H,26,27,31). The van der Waals surface area contributed by atoms with Gasteiger partial charge in [-0.1, -0.05) is 30.3 Å². The van der Waals surface area contributed by atoms with E-state index in [0.29, 0.717) is 30.6 Å². The number of benzene rings is 1. The smallest absolute Gasteiger partial charge is 0.259 e. The van der Waals surface area contributed by atoms with Crippen LogP contribution in [0, 0.1) is 13.8 Å². The molecule has 0 unspecified atom stereocenters. The van der Waals surface area contributed by atoms with Crippen molar-refractivity contribution in [2.75, 3.05) is 39.3 Å². The van der Waals surface area contributed by atoms with Crippen molar-refractivity contribution in [2.24, 2.45) is 0 Å². The highest BCUT2D eigenvalue weighted by Crippen LogP contribution is 2.25.